The number of hydrogen-bond acceptors (Lipinski definition) is 20. The Hall–Kier alpha value is -12.0. The van der Waals surface area contributed by atoms with Crippen molar-refractivity contribution in [2.24, 2.45) is 0 Å². The second-order valence-corrected chi connectivity index (χ2v) is 39.1. The maximum atomic E-state index is 15.8. The fourth-order valence-corrected chi connectivity index (χ4v) is 20.1. The standard InChI is InChI=1S/C94H119N13O18S3/c1-54-56(3)80(58(5)68-51-92(11,12)124-78(54)68)127(118,119)106-88(95)97-48-29-41-71(82(110)99-60(7)87(115)116)100-83(111)72(42-30-49-98-89(96)107-128(120,121)81-57(4)55(2)79-69(59(81)6)52-93(13,14)125-79)101-84(112)73(43-45-76(108)105-94(61-31-19-16-20-32-61,62-33-21-17-22-34-62)63-35-23-18-24-36-63)102-86(114)75(47-50-126-15)103-85(113)74(44-46-77(109)123-91(8,9)10)104-90(117)122-53-70-66-39-27-25-37-64(66)65-38-26-28-40-67(65)70/h16-28,31-40,60,70-75H,29-30,41-53H2,1-15H3,(H,99,110)(H,100,111)(H,101,112)(H,102,114)(H,103,113)(H,104,117)(H,105,108)(H,115,116)(H3,95,97,106)(H3,96,98,107)/t60-,71-,72-,73-,74-,75-/m0/s1. The predicted octanol–water partition coefficient (Wildman–Crippen LogP) is 10.0. The Morgan fingerprint density at radius 2 is 0.867 bits per heavy atom. The number of sulfonamides is 2. The Balaban J connectivity index is 0.959. The molecule has 34 heteroatoms. The van der Waals surface area contributed by atoms with Crippen LogP contribution in [0.15, 0.2) is 149 Å². The molecule has 0 fully saturated rings. The maximum Gasteiger partial charge on any atom is 0.407 e. The lowest BCUT2D eigenvalue weighted by atomic mass is 9.77. The smallest absolute Gasteiger partial charge is 0.407 e. The number of aliphatic carboxylic acids is 1. The number of benzene rings is 7. The average Bonchev–Trinajstić information content (AvgIpc) is 1.72. The van der Waals surface area contributed by atoms with Crippen molar-refractivity contribution in [2.45, 2.75) is 242 Å². The van der Waals surface area contributed by atoms with Gasteiger partial charge in [0, 0.05) is 55.8 Å². The summed E-state index contributed by atoms with van der Waals surface area (Å²) in [6, 6.07) is 33.0. The Morgan fingerprint density at radius 3 is 1.27 bits per heavy atom. The third-order valence-corrected chi connectivity index (χ3v) is 26.9. The summed E-state index contributed by atoms with van der Waals surface area (Å²) in [5, 5.41) is 52.3. The van der Waals surface area contributed by atoms with Crippen molar-refractivity contribution in [1.29, 1.82) is 10.8 Å². The van der Waals surface area contributed by atoms with Crippen LogP contribution in [0, 0.1) is 52.4 Å². The highest BCUT2D eigenvalue weighted by Gasteiger charge is 2.43. The van der Waals surface area contributed by atoms with Gasteiger partial charge in [0.05, 0.1) is 9.79 Å². The minimum atomic E-state index is -4.47. The lowest BCUT2D eigenvalue weighted by molar-refractivity contribution is -0.155. The molecule has 0 saturated heterocycles. The molecule has 3 aliphatic rings. The minimum Gasteiger partial charge on any atom is -0.487 e. The number of thioether (sulfide) groups is 1. The molecular formula is C94H119N13O18S3. The highest BCUT2D eigenvalue weighted by atomic mass is 32.2. The van der Waals surface area contributed by atoms with E-state index in [1.54, 1.807) is 68.6 Å². The summed E-state index contributed by atoms with van der Waals surface area (Å²) in [6.07, 6.45) is -1.35. The number of carbonyl (C=O) groups is 9. The molecule has 128 heavy (non-hydrogen) atoms. The molecule has 7 aromatic rings. The van der Waals surface area contributed by atoms with Gasteiger partial charge in [-0.25, -0.2) is 31.1 Å². The Kier molecular flexibility index (Phi) is 32.1. The van der Waals surface area contributed by atoms with E-state index in [0.29, 0.717) is 85.5 Å². The second-order valence-electron chi connectivity index (χ2n) is 34.9. The van der Waals surface area contributed by atoms with E-state index in [-0.39, 0.29) is 73.3 Å². The van der Waals surface area contributed by atoms with Gasteiger partial charge in [0.1, 0.15) is 76.7 Å². The number of carbonyl (C=O) groups excluding carboxylic acids is 8. The molecule has 0 unspecified atom stereocenters. The fourth-order valence-electron chi connectivity index (χ4n) is 16.6. The number of carboxylic acids is 1. The van der Waals surface area contributed by atoms with Crippen LogP contribution < -0.4 is 66.8 Å². The number of guanidine groups is 2. The first kappa shape index (κ1) is 98.1. The van der Waals surface area contributed by atoms with Crippen LogP contribution in [0.4, 0.5) is 4.79 Å². The molecular weight excluding hydrogens is 1700 g/mol. The van der Waals surface area contributed by atoms with Crippen molar-refractivity contribution in [3.05, 3.63) is 212 Å². The molecule has 2 aliphatic heterocycles. The molecule has 0 saturated carbocycles. The van der Waals surface area contributed by atoms with E-state index in [2.05, 4.69) is 57.3 Å². The molecule has 0 spiro atoms. The van der Waals surface area contributed by atoms with Crippen LogP contribution in [-0.4, -0.2) is 172 Å². The molecule has 31 nitrogen and oxygen atoms in total. The number of alkyl carbamates (subject to hydrolysis) is 1. The second kappa shape index (κ2) is 41.8. The summed E-state index contributed by atoms with van der Waals surface area (Å²) in [5.41, 5.74) is 6.45. The van der Waals surface area contributed by atoms with Crippen molar-refractivity contribution in [2.75, 3.05) is 31.7 Å². The summed E-state index contributed by atoms with van der Waals surface area (Å²) in [6.45, 7) is 23.2. The number of amides is 7. The zero-order valence-electron chi connectivity index (χ0n) is 75.0. The quantitative estimate of drug-likeness (QED) is 0.00560. The van der Waals surface area contributed by atoms with Gasteiger partial charge < -0.3 is 71.9 Å². The van der Waals surface area contributed by atoms with E-state index in [4.69, 9.17) is 29.8 Å². The predicted molar refractivity (Wildman–Crippen MR) is 488 cm³/mol. The molecule has 686 valence electrons. The first-order chi connectivity index (χ1) is 60.4. The highest BCUT2D eigenvalue weighted by Crippen LogP contribution is 2.47. The number of rotatable bonds is 39. The van der Waals surface area contributed by atoms with Crippen molar-refractivity contribution < 1.29 is 84.0 Å². The summed E-state index contributed by atoms with van der Waals surface area (Å²) in [4.78, 5) is 131. The monoisotopic (exact) mass is 1810 g/mol. The summed E-state index contributed by atoms with van der Waals surface area (Å²) >= 11 is 1.30. The summed E-state index contributed by atoms with van der Waals surface area (Å²) < 4.78 is 85.7. The van der Waals surface area contributed by atoms with E-state index in [0.717, 1.165) is 22.3 Å². The van der Waals surface area contributed by atoms with Crippen LogP contribution in [0.3, 0.4) is 0 Å². The topological polar surface area (TPSA) is 459 Å². The van der Waals surface area contributed by atoms with Gasteiger partial charge in [-0.05, 0) is 226 Å². The third-order valence-electron chi connectivity index (χ3n) is 23.0. The molecule has 1 aliphatic carbocycles. The van der Waals surface area contributed by atoms with Crippen LogP contribution in [0.5, 0.6) is 11.5 Å². The normalized spacial score (nSPS) is 15.0. The van der Waals surface area contributed by atoms with Gasteiger partial charge in [-0.2, -0.15) is 11.8 Å². The third kappa shape index (κ3) is 24.2. The number of hydrogen-bond donors (Lipinski definition) is 14. The van der Waals surface area contributed by atoms with Crippen LogP contribution in [0.25, 0.3) is 11.1 Å². The van der Waals surface area contributed by atoms with E-state index in [9.17, 15) is 41.1 Å². The lowest BCUT2D eigenvalue weighted by Gasteiger charge is -2.37. The molecule has 10 rings (SSSR count). The number of ether oxygens (including phenoxy) is 4. The van der Waals surface area contributed by atoms with Gasteiger partial charge in [0.15, 0.2) is 0 Å². The lowest BCUT2D eigenvalue weighted by Crippen LogP contribution is -2.59. The van der Waals surface area contributed by atoms with E-state index in [1.807, 2.05) is 167 Å². The van der Waals surface area contributed by atoms with Crippen LogP contribution in [0.1, 0.15) is 191 Å². The van der Waals surface area contributed by atoms with Gasteiger partial charge in [-0.1, -0.05) is 140 Å². The molecule has 0 aromatic heterocycles. The molecule has 0 radical (unpaired) electrons. The zero-order chi connectivity index (χ0) is 93.5. The van der Waals surface area contributed by atoms with E-state index < -0.39 is 170 Å². The molecule has 2 heterocycles. The van der Waals surface area contributed by atoms with Crippen LogP contribution >= 0.6 is 11.8 Å². The van der Waals surface area contributed by atoms with Crippen molar-refractivity contribution in [3.8, 4) is 22.6 Å². The van der Waals surface area contributed by atoms with Gasteiger partial charge >= 0.3 is 18.0 Å². The van der Waals surface area contributed by atoms with Crippen LogP contribution in [0.2, 0.25) is 0 Å². The summed E-state index contributed by atoms with van der Waals surface area (Å²) in [5.74, 6) is -8.25. The van der Waals surface area contributed by atoms with E-state index >= 15 is 24.0 Å². The first-order valence-electron chi connectivity index (χ1n) is 42.7. The number of fused-ring (bicyclic) bond motifs is 5. The zero-order valence-corrected chi connectivity index (χ0v) is 77.5. The largest absolute Gasteiger partial charge is 0.487 e. The van der Waals surface area contributed by atoms with Crippen molar-refractivity contribution in [3.63, 3.8) is 0 Å². The molecule has 7 amide bonds. The SMILES string of the molecule is CSCC[C@H](NC(=O)[C@H](CCC(=O)OC(C)(C)C)NC(=O)OCC1c2ccccc2-c2ccccc21)C(=O)N[C@@H](CCC(=O)NC(c1ccccc1)(c1ccccc1)c1ccccc1)C(=O)N[C@@H](CCCNC(=N)NS(=O)(=O)c1c(C)c(C)c2c(c1C)CC(C)(C)O2)C(=O)N[C@@H](CCCNC(=N)NS(=O)(=O)c1c(C)c(C)c2c(c1C)CC(C)(C)O2)C(=O)N[C@@H](C)C(=O)O. The maximum absolute atomic E-state index is 15.8. The van der Waals surface area contributed by atoms with Gasteiger partial charge in [0.2, 0.25) is 47.4 Å². The Labute approximate surface area is 752 Å². The first-order valence-corrected chi connectivity index (χ1v) is 47.1. The number of nitrogens with one attached hydrogen (secondary N) is 13. The van der Waals surface area contributed by atoms with Gasteiger partial charge in [0.25, 0.3) is 20.0 Å². The minimum absolute atomic E-state index is 0.0338. The number of esters is 1. The average molecular weight is 1820 g/mol. The Morgan fingerprint density at radius 1 is 0.500 bits per heavy atom. The number of carboxylic acid groups (broad SMARTS) is 1. The van der Waals surface area contributed by atoms with Crippen molar-refractivity contribution >= 4 is 97.2 Å². The fraction of sp³-hybridized carbons (Fsp3) is 0.436. The molecule has 0 bridgehead atoms. The Bertz CT molecular complexity index is 5430. The molecule has 14 N–H and O–H groups in total. The molecule has 6 atom stereocenters. The molecule has 7 aromatic carbocycles. The van der Waals surface area contributed by atoms with Gasteiger partial charge in [-0.3, -0.25) is 49.2 Å². The van der Waals surface area contributed by atoms with Gasteiger partial charge in [-0.15, -0.1) is 0 Å². The van der Waals surface area contributed by atoms with Crippen molar-refractivity contribution in [1.82, 2.24) is 57.3 Å². The summed E-state index contributed by atoms with van der Waals surface area (Å²) in [7, 11) is -8.89. The van der Waals surface area contributed by atoms with E-state index in [1.165, 1.54) is 18.7 Å². The highest BCUT2D eigenvalue weighted by molar-refractivity contribution is 7.98. The van der Waals surface area contributed by atoms with Crippen LogP contribution in [-0.2, 0) is 86.3 Å².